The first-order valence-electron chi connectivity index (χ1n) is 6.92. The fourth-order valence-electron chi connectivity index (χ4n) is 4.43. The first-order valence-corrected chi connectivity index (χ1v) is 6.92. The third-order valence-corrected chi connectivity index (χ3v) is 5.19. The van der Waals surface area contributed by atoms with E-state index in [1.165, 1.54) is 19.3 Å². The van der Waals surface area contributed by atoms with E-state index in [0.29, 0.717) is 11.6 Å². The van der Waals surface area contributed by atoms with Gasteiger partial charge in [-0.15, -0.1) is 0 Å². The molecular weight excluding hydrogens is 222 g/mol. The van der Waals surface area contributed by atoms with Crippen LogP contribution in [0.15, 0.2) is 12.1 Å². The quantitative estimate of drug-likeness (QED) is 0.863. The Balaban J connectivity index is 1.57. The number of fused-ring (bicyclic) bond motifs is 5. The number of anilines is 1. The van der Waals surface area contributed by atoms with Crippen LogP contribution >= 0.6 is 0 Å². The van der Waals surface area contributed by atoms with E-state index in [1.807, 2.05) is 19.1 Å². The van der Waals surface area contributed by atoms with Crippen molar-refractivity contribution in [1.29, 1.82) is 5.26 Å². The highest BCUT2D eigenvalue weighted by atomic mass is 15.1. The summed E-state index contributed by atoms with van der Waals surface area (Å²) in [5, 5.41) is 12.7. The topological polar surface area (TPSA) is 48.7 Å². The number of pyridine rings is 1. The van der Waals surface area contributed by atoms with Gasteiger partial charge < -0.3 is 5.32 Å². The molecule has 0 amide bonds. The standard InChI is InChI=1S/C15H17N3/c1-8-2-3-11(7-16)15(17-8)18-14-12-9-4-5-10(6-9)13(12)14/h2-3,9-10,12-14H,4-6H2,1H3,(H,17,18). The molecule has 0 aromatic carbocycles. The summed E-state index contributed by atoms with van der Waals surface area (Å²) in [7, 11) is 0. The molecule has 3 aliphatic carbocycles. The van der Waals surface area contributed by atoms with Crippen molar-refractivity contribution >= 4 is 5.82 Å². The number of hydrogen-bond acceptors (Lipinski definition) is 3. The van der Waals surface area contributed by atoms with Crippen LogP contribution in [0.25, 0.3) is 0 Å². The van der Waals surface area contributed by atoms with Gasteiger partial charge in [0.2, 0.25) is 0 Å². The predicted molar refractivity (Wildman–Crippen MR) is 68.9 cm³/mol. The van der Waals surface area contributed by atoms with Crippen molar-refractivity contribution in [3.8, 4) is 6.07 Å². The number of aromatic nitrogens is 1. The molecule has 3 nitrogen and oxygen atoms in total. The zero-order chi connectivity index (χ0) is 12.3. The van der Waals surface area contributed by atoms with E-state index in [-0.39, 0.29) is 0 Å². The van der Waals surface area contributed by atoms with Crippen LogP contribution in [0, 0.1) is 41.9 Å². The van der Waals surface area contributed by atoms with Gasteiger partial charge in [0.05, 0.1) is 5.56 Å². The Morgan fingerprint density at radius 3 is 2.67 bits per heavy atom. The van der Waals surface area contributed by atoms with Gasteiger partial charge in [0.1, 0.15) is 11.9 Å². The molecule has 4 unspecified atom stereocenters. The second-order valence-corrected chi connectivity index (χ2v) is 6.12. The molecule has 1 N–H and O–H groups in total. The highest BCUT2D eigenvalue weighted by molar-refractivity contribution is 5.54. The minimum absolute atomic E-state index is 0.595. The molecule has 1 aromatic heterocycles. The number of nitrogens with one attached hydrogen (secondary N) is 1. The van der Waals surface area contributed by atoms with Crippen LogP contribution in [0.3, 0.4) is 0 Å². The Hall–Kier alpha value is -1.56. The third kappa shape index (κ3) is 1.32. The fraction of sp³-hybridized carbons (Fsp3) is 0.600. The molecule has 0 spiro atoms. The van der Waals surface area contributed by atoms with Gasteiger partial charge >= 0.3 is 0 Å². The molecule has 0 aliphatic heterocycles. The van der Waals surface area contributed by atoms with Crippen molar-refractivity contribution in [2.75, 3.05) is 5.32 Å². The maximum absolute atomic E-state index is 9.13. The van der Waals surface area contributed by atoms with Crippen LogP contribution < -0.4 is 5.32 Å². The molecule has 3 aliphatic rings. The van der Waals surface area contributed by atoms with Gasteiger partial charge in [-0.05, 0) is 62.0 Å². The van der Waals surface area contributed by atoms with Gasteiger partial charge in [0.25, 0.3) is 0 Å². The maximum Gasteiger partial charge on any atom is 0.144 e. The number of aryl methyl sites for hydroxylation is 1. The monoisotopic (exact) mass is 239 g/mol. The highest BCUT2D eigenvalue weighted by Gasteiger charge is 2.65. The molecule has 1 heterocycles. The summed E-state index contributed by atoms with van der Waals surface area (Å²) in [5.41, 5.74) is 1.66. The van der Waals surface area contributed by atoms with Gasteiger partial charge in [0.15, 0.2) is 0 Å². The summed E-state index contributed by atoms with van der Waals surface area (Å²) >= 11 is 0. The van der Waals surface area contributed by atoms with Gasteiger partial charge in [-0.1, -0.05) is 0 Å². The summed E-state index contributed by atoms with van der Waals surface area (Å²) in [6.45, 7) is 1.98. The van der Waals surface area contributed by atoms with Crippen molar-refractivity contribution in [1.82, 2.24) is 4.98 Å². The molecule has 3 fully saturated rings. The Kier molecular flexibility index (Phi) is 2.00. The molecule has 18 heavy (non-hydrogen) atoms. The van der Waals surface area contributed by atoms with Crippen LogP contribution in [0.2, 0.25) is 0 Å². The summed E-state index contributed by atoms with van der Waals surface area (Å²) < 4.78 is 0. The molecule has 3 saturated carbocycles. The van der Waals surface area contributed by atoms with E-state index in [0.717, 1.165) is 35.2 Å². The summed E-state index contributed by atoms with van der Waals surface area (Å²) in [6, 6.07) is 6.61. The van der Waals surface area contributed by atoms with Crippen molar-refractivity contribution < 1.29 is 0 Å². The van der Waals surface area contributed by atoms with Crippen LogP contribution in [0.4, 0.5) is 5.82 Å². The molecule has 3 heteroatoms. The lowest BCUT2D eigenvalue weighted by atomic mass is 10.0. The number of nitriles is 1. The first-order chi connectivity index (χ1) is 8.78. The van der Waals surface area contributed by atoms with Crippen LogP contribution in [0.1, 0.15) is 30.5 Å². The largest absolute Gasteiger partial charge is 0.366 e. The summed E-state index contributed by atoms with van der Waals surface area (Å²) in [5.74, 6) is 4.45. The lowest BCUT2D eigenvalue weighted by Crippen LogP contribution is -2.14. The maximum atomic E-state index is 9.13. The second-order valence-electron chi connectivity index (χ2n) is 6.12. The molecular formula is C15H17N3. The molecule has 4 rings (SSSR count). The average molecular weight is 239 g/mol. The van der Waals surface area contributed by atoms with Crippen molar-refractivity contribution in [3.63, 3.8) is 0 Å². The van der Waals surface area contributed by atoms with E-state index >= 15 is 0 Å². The van der Waals surface area contributed by atoms with Gasteiger partial charge in [-0.3, -0.25) is 0 Å². The minimum atomic E-state index is 0.595. The number of hydrogen-bond donors (Lipinski definition) is 1. The van der Waals surface area contributed by atoms with E-state index in [4.69, 9.17) is 5.26 Å². The van der Waals surface area contributed by atoms with E-state index in [1.54, 1.807) is 0 Å². The zero-order valence-electron chi connectivity index (χ0n) is 10.6. The smallest absolute Gasteiger partial charge is 0.144 e. The van der Waals surface area contributed by atoms with Gasteiger partial charge in [0, 0.05) is 11.7 Å². The molecule has 4 atom stereocenters. The van der Waals surface area contributed by atoms with Crippen molar-refractivity contribution in [3.05, 3.63) is 23.4 Å². The van der Waals surface area contributed by atoms with E-state index in [2.05, 4.69) is 16.4 Å². The normalized spacial score (nSPS) is 39.2. The predicted octanol–water partition coefficient (Wildman–Crippen LogP) is 2.72. The first kappa shape index (κ1) is 10.4. The highest BCUT2D eigenvalue weighted by Crippen LogP contribution is 2.66. The lowest BCUT2D eigenvalue weighted by Gasteiger charge is -2.12. The molecule has 0 radical (unpaired) electrons. The number of nitrogens with zero attached hydrogens (tertiary/aromatic N) is 2. The van der Waals surface area contributed by atoms with Gasteiger partial charge in [-0.2, -0.15) is 5.26 Å². The molecule has 1 aromatic rings. The number of rotatable bonds is 2. The molecule has 2 bridgehead atoms. The lowest BCUT2D eigenvalue weighted by molar-refractivity contribution is 0.456. The van der Waals surface area contributed by atoms with Crippen molar-refractivity contribution in [2.45, 2.75) is 32.2 Å². The van der Waals surface area contributed by atoms with Crippen LogP contribution in [-0.4, -0.2) is 11.0 Å². The molecule has 92 valence electrons. The van der Waals surface area contributed by atoms with Crippen LogP contribution in [0.5, 0.6) is 0 Å². The third-order valence-electron chi connectivity index (χ3n) is 5.19. The minimum Gasteiger partial charge on any atom is -0.366 e. The Labute approximate surface area is 107 Å². The summed E-state index contributed by atoms with van der Waals surface area (Å²) in [4.78, 5) is 4.49. The fourth-order valence-corrected chi connectivity index (χ4v) is 4.43. The summed E-state index contributed by atoms with van der Waals surface area (Å²) in [6.07, 6.45) is 4.31. The van der Waals surface area contributed by atoms with Crippen molar-refractivity contribution in [2.24, 2.45) is 23.7 Å². The SMILES string of the molecule is Cc1ccc(C#N)c(NC2C3C4CCC(C4)C23)n1. The van der Waals surface area contributed by atoms with E-state index in [9.17, 15) is 0 Å². The Morgan fingerprint density at radius 1 is 1.28 bits per heavy atom. The van der Waals surface area contributed by atoms with E-state index < -0.39 is 0 Å². The Bertz CT molecular complexity index is 529. The van der Waals surface area contributed by atoms with Gasteiger partial charge in [-0.25, -0.2) is 4.98 Å². The average Bonchev–Trinajstić information content (AvgIpc) is 2.78. The zero-order valence-corrected chi connectivity index (χ0v) is 10.6. The Morgan fingerprint density at radius 2 is 2.00 bits per heavy atom. The molecule has 0 saturated heterocycles. The second kappa shape index (κ2) is 3.47. The van der Waals surface area contributed by atoms with Crippen LogP contribution in [-0.2, 0) is 0 Å².